The van der Waals surface area contributed by atoms with Crippen LogP contribution in [0.2, 0.25) is 0 Å². The van der Waals surface area contributed by atoms with Gasteiger partial charge in [0.05, 0.1) is 18.2 Å². The van der Waals surface area contributed by atoms with Gasteiger partial charge in [0.2, 0.25) is 5.91 Å². The second-order valence-corrected chi connectivity index (χ2v) is 4.25. The van der Waals surface area contributed by atoms with Gasteiger partial charge in [-0.15, -0.1) is 0 Å². The van der Waals surface area contributed by atoms with Crippen LogP contribution >= 0.6 is 15.9 Å². The monoisotopic (exact) mass is 302 g/mol. The number of nitrogens with two attached hydrogens (primary N) is 1. The first-order chi connectivity index (χ1) is 8.08. The van der Waals surface area contributed by atoms with Crippen LogP contribution in [-0.4, -0.2) is 32.8 Å². The fourth-order valence-electron chi connectivity index (χ4n) is 1.23. The zero-order valence-corrected chi connectivity index (χ0v) is 11.3. The van der Waals surface area contributed by atoms with Gasteiger partial charge in [0.1, 0.15) is 11.8 Å². The van der Waals surface area contributed by atoms with Crippen LogP contribution in [0.1, 0.15) is 0 Å². The number of rotatable bonds is 5. The van der Waals surface area contributed by atoms with Gasteiger partial charge in [-0.25, -0.2) is 0 Å². The normalized spacial score (nSPS) is 12.0. The molecular weight excluding hydrogens is 288 g/mol. The molecule has 0 heterocycles. The Morgan fingerprint density at radius 2 is 2.24 bits per heavy atom. The Morgan fingerprint density at radius 1 is 1.53 bits per heavy atom. The van der Waals surface area contributed by atoms with Gasteiger partial charge in [-0.05, 0) is 34.1 Å². The lowest BCUT2D eigenvalue weighted by molar-refractivity contribution is -0.118. The molecular formula is C11H15BrN2O3. The highest BCUT2D eigenvalue weighted by molar-refractivity contribution is 9.10. The molecule has 1 aromatic rings. The molecule has 0 saturated carbocycles. The highest BCUT2D eigenvalue weighted by atomic mass is 79.9. The first-order valence-electron chi connectivity index (χ1n) is 4.97. The Hall–Kier alpha value is -1.11. The number of methoxy groups -OCH3 is 2. The Labute approximate surface area is 108 Å². The van der Waals surface area contributed by atoms with E-state index in [-0.39, 0.29) is 12.5 Å². The summed E-state index contributed by atoms with van der Waals surface area (Å²) < 4.78 is 10.7. The molecule has 0 aromatic heterocycles. The van der Waals surface area contributed by atoms with Gasteiger partial charge in [0.25, 0.3) is 0 Å². The summed E-state index contributed by atoms with van der Waals surface area (Å²) in [4.78, 5) is 11.6. The first kappa shape index (κ1) is 14.0. The molecule has 1 aromatic carbocycles. The van der Waals surface area contributed by atoms with Crippen LogP contribution in [0.4, 0.5) is 5.69 Å². The quantitative estimate of drug-likeness (QED) is 0.861. The van der Waals surface area contributed by atoms with Crippen LogP contribution in [0.3, 0.4) is 0 Å². The zero-order valence-electron chi connectivity index (χ0n) is 9.70. The van der Waals surface area contributed by atoms with E-state index in [1.54, 1.807) is 25.3 Å². The Balaban J connectivity index is 2.69. The lowest BCUT2D eigenvalue weighted by atomic mass is 10.2. The summed E-state index contributed by atoms with van der Waals surface area (Å²) in [7, 11) is 3.07. The molecule has 0 aliphatic rings. The molecule has 0 bridgehead atoms. The lowest BCUT2D eigenvalue weighted by Crippen LogP contribution is -2.39. The molecule has 0 aliphatic heterocycles. The van der Waals surface area contributed by atoms with E-state index in [1.165, 1.54) is 7.11 Å². The minimum absolute atomic E-state index is 0.184. The van der Waals surface area contributed by atoms with E-state index in [1.807, 2.05) is 0 Å². The second-order valence-electron chi connectivity index (χ2n) is 3.40. The molecule has 0 aliphatic carbocycles. The van der Waals surface area contributed by atoms with Gasteiger partial charge >= 0.3 is 0 Å². The van der Waals surface area contributed by atoms with Gasteiger partial charge in [0, 0.05) is 12.8 Å². The van der Waals surface area contributed by atoms with Crippen LogP contribution in [0.25, 0.3) is 0 Å². The number of anilines is 1. The molecule has 0 saturated heterocycles. The molecule has 3 N–H and O–H groups in total. The smallest absolute Gasteiger partial charge is 0.243 e. The highest BCUT2D eigenvalue weighted by Crippen LogP contribution is 2.27. The predicted octanol–water partition coefficient (Wildman–Crippen LogP) is 1.37. The molecule has 0 fully saturated rings. The van der Waals surface area contributed by atoms with E-state index in [0.717, 1.165) is 4.47 Å². The first-order valence-corrected chi connectivity index (χ1v) is 5.76. The fourth-order valence-corrected chi connectivity index (χ4v) is 1.78. The van der Waals surface area contributed by atoms with Crippen LogP contribution in [0.5, 0.6) is 5.75 Å². The maximum absolute atomic E-state index is 11.6. The van der Waals surface area contributed by atoms with E-state index >= 15 is 0 Å². The summed E-state index contributed by atoms with van der Waals surface area (Å²) in [6.45, 7) is 0.184. The number of hydrogen-bond acceptors (Lipinski definition) is 4. The molecule has 1 unspecified atom stereocenters. The third kappa shape index (κ3) is 3.99. The van der Waals surface area contributed by atoms with E-state index in [2.05, 4.69) is 21.2 Å². The average Bonchev–Trinajstić information content (AvgIpc) is 2.29. The number of nitrogens with one attached hydrogen (secondary N) is 1. The maximum atomic E-state index is 11.6. The summed E-state index contributed by atoms with van der Waals surface area (Å²) in [5, 5.41) is 2.69. The van der Waals surface area contributed by atoms with Crippen molar-refractivity contribution in [2.75, 3.05) is 26.1 Å². The van der Waals surface area contributed by atoms with Gasteiger partial charge in [-0.2, -0.15) is 0 Å². The lowest BCUT2D eigenvalue weighted by Gasteiger charge is -2.12. The number of hydrogen-bond donors (Lipinski definition) is 2. The number of amides is 1. The number of ether oxygens (including phenoxy) is 2. The highest BCUT2D eigenvalue weighted by Gasteiger charge is 2.13. The van der Waals surface area contributed by atoms with Crippen molar-refractivity contribution in [1.82, 2.24) is 0 Å². The Kier molecular flexibility index (Phi) is 5.40. The largest absolute Gasteiger partial charge is 0.496 e. The molecule has 1 rings (SSSR count). The molecule has 5 nitrogen and oxygen atoms in total. The van der Waals surface area contributed by atoms with E-state index in [4.69, 9.17) is 15.2 Å². The minimum atomic E-state index is -0.680. The molecule has 0 spiro atoms. The van der Waals surface area contributed by atoms with Crippen molar-refractivity contribution in [2.45, 2.75) is 6.04 Å². The van der Waals surface area contributed by atoms with Gasteiger partial charge < -0.3 is 20.5 Å². The molecule has 1 amide bonds. The standard InChI is InChI=1S/C11H15BrN2O3/c1-16-6-9(13)11(15)14-7-3-4-10(17-2)8(12)5-7/h3-5,9H,6,13H2,1-2H3,(H,14,15). The zero-order chi connectivity index (χ0) is 12.8. The molecule has 0 radical (unpaired) electrons. The van der Waals surface area contributed by atoms with Crippen molar-refractivity contribution in [2.24, 2.45) is 5.73 Å². The topological polar surface area (TPSA) is 73.6 Å². The number of halogens is 1. The predicted molar refractivity (Wildman–Crippen MR) is 69.2 cm³/mol. The van der Waals surface area contributed by atoms with Crippen molar-refractivity contribution in [1.29, 1.82) is 0 Å². The van der Waals surface area contributed by atoms with Crippen LogP contribution in [-0.2, 0) is 9.53 Å². The molecule has 6 heteroatoms. The van der Waals surface area contributed by atoms with Crippen LogP contribution in [0, 0.1) is 0 Å². The van der Waals surface area contributed by atoms with Crippen molar-refractivity contribution >= 4 is 27.5 Å². The summed E-state index contributed by atoms with van der Waals surface area (Å²) in [5.74, 6) is 0.410. The summed E-state index contributed by atoms with van der Waals surface area (Å²) in [6, 6.07) is 4.56. The second kappa shape index (κ2) is 6.58. The minimum Gasteiger partial charge on any atom is -0.496 e. The van der Waals surface area contributed by atoms with Gasteiger partial charge in [-0.3, -0.25) is 4.79 Å². The van der Waals surface area contributed by atoms with Crippen molar-refractivity contribution in [3.8, 4) is 5.75 Å². The summed E-state index contributed by atoms with van der Waals surface area (Å²) in [5.41, 5.74) is 6.24. The SMILES string of the molecule is COCC(N)C(=O)Nc1ccc(OC)c(Br)c1. The van der Waals surface area contributed by atoms with Gasteiger partial charge in [-0.1, -0.05) is 0 Å². The average molecular weight is 303 g/mol. The Morgan fingerprint density at radius 3 is 2.76 bits per heavy atom. The maximum Gasteiger partial charge on any atom is 0.243 e. The molecule has 17 heavy (non-hydrogen) atoms. The number of carbonyl (C=O) groups is 1. The molecule has 1 atom stereocenters. The van der Waals surface area contributed by atoms with Crippen molar-refractivity contribution < 1.29 is 14.3 Å². The van der Waals surface area contributed by atoms with Crippen molar-refractivity contribution in [3.63, 3.8) is 0 Å². The van der Waals surface area contributed by atoms with E-state index < -0.39 is 6.04 Å². The van der Waals surface area contributed by atoms with E-state index in [9.17, 15) is 4.79 Å². The van der Waals surface area contributed by atoms with Crippen molar-refractivity contribution in [3.05, 3.63) is 22.7 Å². The summed E-state index contributed by atoms with van der Waals surface area (Å²) >= 11 is 3.33. The fraction of sp³-hybridized carbons (Fsp3) is 0.364. The molecule has 94 valence electrons. The van der Waals surface area contributed by atoms with Crippen LogP contribution < -0.4 is 15.8 Å². The summed E-state index contributed by atoms with van der Waals surface area (Å²) in [6.07, 6.45) is 0. The van der Waals surface area contributed by atoms with Crippen LogP contribution in [0.15, 0.2) is 22.7 Å². The van der Waals surface area contributed by atoms with Gasteiger partial charge in [0.15, 0.2) is 0 Å². The Bertz CT molecular complexity index is 398. The van der Waals surface area contributed by atoms with E-state index in [0.29, 0.717) is 11.4 Å². The third-order valence-corrected chi connectivity index (χ3v) is 2.72. The number of benzene rings is 1. The number of carbonyl (C=O) groups excluding carboxylic acids is 1. The third-order valence-electron chi connectivity index (χ3n) is 2.10.